The van der Waals surface area contributed by atoms with E-state index in [2.05, 4.69) is 37.7 Å². The maximum Gasteiger partial charge on any atom is 0.0618 e. The van der Waals surface area contributed by atoms with Gasteiger partial charge in [0.2, 0.25) is 0 Å². The Morgan fingerprint density at radius 2 is 1.19 bits per heavy atom. The molecule has 0 aliphatic rings. The van der Waals surface area contributed by atoms with Crippen LogP contribution in [0.4, 0.5) is 0 Å². The summed E-state index contributed by atoms with van der Waals surface area (Å²) in [6.45, 7) is 9.02. The minimum atomic E-state index is 0.736. The fourth-order valence-electron chi connectivity index (χ4n) is 1.66. The molecule has 1 aromatic heterocycles. The van der Waals surface area contributed by atoms with Gasteiger partial charge in [-0.25, -0.2) is 0 Å². The lowest BCUT2D eigenvalue weighted by molar-refractivity contribution is 0.560. The van der Waals surface area contributed by atoms with E-state index < -0.39 is 0 Å². The van der Waals surface area contributed by atoms with Gasteiger partial charge in [0, 0.05) is 12.4 Å². The normalized spacial score (nSPS) is 11.4. The van der Waals surface area contributed by atoms with Crippen LogP contribution in [0.3, 0.4) is 0 Å². The van der Waals surface area contributed by atoms with Crippen molar-refractivity contribution >= 4 is 0 Å². The Labute approximate surface area is 99.5 Å². The van der Waals surface area contributed by atoms with Gasteiger partial charge in [0.25, 0.3) is 0 Å². The SMILES string of the molecule is CC(C)CCc1nccnc1CCC(C)C. The van der Waals surface area contributed by atoms with E-state index in [-0.39, 0.29) is 0 Å². The zero-order chi connectivity index (χ0) is 12.0. The second kappa shape index (κ2) is 6.62. The van der Waals surface area contributed by atoms with Crippen LogP contribution in [0.25, 0.3) is 0 Å². The highest BCUT2D eigenvalue weighted by molar-refractivity contribution is 5.11. The van der Waals surface area contributed by atoms with Crippen LogP contribution in [0.2, 0.25) is 0 Å². The van der Waals surface area contributed by atoms with Crippen LogP contribution in [0, 0.1) is 11.8 Å². The van der Waals surface area contributed by atoms with E-state index in [1.54, 1.807) is 0 Å². The monoisotopic (exact) mass is 220 g/mol. The minimum absolute atomic E-state index is 0.736. The first-order valence-electron chi connectivity index (χ1n) is 6.38. The van der Waals surface area contributed by atoms with Crippen molar-refractivity contribution in [2.45, 2.75) is 53.4 Å². The van der Waals surface area contributed by atoms with E-state index in [1.165, 1.54) is 24.2 Å². The van der Waals surface area contributed by atoms with Crippen LogP contribution in [0.15, 0.2) is 12.4 Å². The summed E-state index contributed by atoms with van der Waals surface area (Å²) in [5.74, 6) is 1.47. The standard InChI is InChI=1S/C14H24N2/c1-11(2)5-7-13-14(8-6-12(3)4)16-10-9-15-13/h9-12H,5-8H2,1-4H3. The van der Waals surface area contributed by atoms with E-state index in [4.69, 9.17) is 0 Å². The van der Waals surface area contributed by atoms with Crippen LogP contribution in [-0.2, 0) is 12.8 Å². The maximum atomic E-state index is 4.47. The van der Waals surface area contributed by atoms with Gasteiger partial charge >= 0.3 is 0 Å². The van der Waals surface area contributed by atoms with E-state index in [1.807, 2.05) is 12.4 Å². The van der Waals surface area contributed by atoms with Crippen LogP contribution in [0.1, 0.15) is 51.9 Å². The van der Waals surface area contributed by atoms with Crippen molar-refractivity contribution in [2.24, 2.45) is 11.8 Å². The number of aromatic nitrogens is 2. The van der Waals surface area contributed by atoms with Crippen molar-refractivity contribution in [3.63, 3.8) is 0 Å². The molecule has 1 heterocycles. The molecule has 1 aromatic rings. The third-order valence-electron chi connectivity index (χ3n) is 2.78. The van der Waals surface area contributed by atoms with Gasteiger partial charge < -0.3 is 0 Å². The second-order valence-corrected chi connectivity index (χ2v) is 5.31. The highest BCUT2D eigenvalue weighted by Gasteiger charge is 2.07. The number of hydrogen-bond acceptors (Lipinski definition) is 2. The average molecular weight is 220 g/mol. The Hall–Kier alpha value is -0.920. The summed E-state index contributed by atoms with van der Waals surface area (Å²) in [4.78, 5) is 8.93. The Morgan fingerprint density at radius 3 is 1.50 bits per heavy atom. The van der Waals surface area contributed by atoms with Crippen LogP contribution in [0.5, 0.6) is 0 Å². The predicted molar refractivity (Wildman–Crippen MR) is 68.4 cm³/mol. The van der Waals surface area contributed by atoms with Crippen LogP contribution < -0.4 is 0 Å². The molecule has 0 aromatic carbocycles. The lowest BCUT2D eigenvalue weighted by Gasteiger charge is -2.09. The van der Waals surface area contributed by atoms with Crippen molar-refractivity contribution in [3.05, 3.63) is 23.8 Å². The third kappa shape index (κ3) is 4.73. The Kier molecular flexibility index (Phi) is 5.44. The molecule has 90 valence electrons. The minimum Gasteiger partial charge on any atom is -0.258 e. The molecule has 0 bridgehead atoms. The second-order valence-electron chi connectivity index (χ2n) is 5.31. The molecule has 0 spiro atoms. The molecule has 0 atom stereocenters. The van der Waals surface area contributed by atoms with Gasteiger partial charge in [0.15, 0.2) is 0 Å². The summed E-state index contributed by atoms with van der Waals surface area (Å²) in [5, 5.41) is 0. The van der Waals surface area contributed by atoms with E-state index >= 15 is 0 Å². The topological polar surface area (TPSA) is 25.8 Å². The van der Waals surface area contributed by atoms with Gasteiger partial charge in [-0.3, -0.25) is 9.97 Å². The van der Waals surface area contributed by atoms with Crippen molar-refractivity contribution in [1.82, 2.24) is 9.97 Å². The zero-order valence-corrected chi connectivity index (χ0v) is 11.0. The lowest BCUT2D eigenvalue weighted by Crippen LogP contribution is -2.04. The number of nitrogens with zero attached hydrogens (tertiary/aromatic N) is 2. The Balaban J connectivity index is 2.60. The highest BCUT2D eigenvalue weighted by Crippen LogP contribution is 2.13. The number of hydrogen-bond donors (Lipinski definition) is 0. The molecule has 0 amide bonds. The van der Waals surface area contributed by atoms with E-state index in [9.17, 15) is 0 Å². The van der Waals surface area contributed by atoms with Gasteiger partial charge in [-0.05, 0) is 37.5 Å². The molecule has 0 saturated carbocycles. The van der Waals surface area contributed by atoms with Crippen LogP contribution in [-0.4, -0.2) is 9.97 Å². The molecule has 0 unspecified atom stereocenters. The molecule has 0 radical (unpaired) electrons. The zero-order valence-electron chi connectivity index (χ0n) is 11.0. The van der Waals surface area contributed by atoms with Crippen molar-refractivity contribution in [3.8, 4) is 0 Å². The molecule has 0 aliphatic heterocycles. The molecule has 16 heavy (non-hydrogen) atoms. The molecule has 0 N–H and O–H groups in total. The summed E-state index contributed by atoms with van der Waals surface area (Å²) in [6.07, 6.45) is 8.17. The quantitative estimate of drug-likeness (QED) is 0.731. The van der Waals surface area contributed by atoms with E-state index in [0.29, 0.717) is 0 Å². The van der Waals surface area contributed by atoms with Gasteiger partial charge in [0.1, 0.15) is 0 Å². The first kappa shape index (κ1) is 13.1. The van der Waals surface area contributed by atoms with E-state index in [0.717, 1.165) is 24.7 Å². The van der Waals surface area contributed by atoms with Crippen molar-refractivity contribution in [2.75, 3.05) is 0 Å². The number of aryl methyl sites for hydroxylation is 2. The molecule has 1 rings (SSSR count). The molecule has 0 fully saturated rings. The fourth-order valence-corrected chi connectivity index (χ4v) is 1.66. The van der Waals surface area contributed by atoms with Gasteiger partial charge in [-0.1, -0.05) is 27.7 Å². The molecule has 0 aliphatic carbocycles. The molecular formula is C14H24N2. The smallest absolute Gasteiger partial charge is 0.0618 e. The Bertz CT molecular complexity index is 274. The van der Waals surface area contributed by atoms with Gasteiger partial charge in [0.05, 0.1) is 11.4 Å². The number of rotatable bonds is 6. The van der Waals surface area contributed by atoms with Gasteiger partial charge in [-0.2, -0.15) is 0 Å². The fraction of sp³-hybridized carbons (Fsp3) is 0.714. The summed E-state index contributed by atoms with van der Waals surface area (Å²) in [6, 6.07) is 0. The summed E-state index contributed by atoms with van der Waals surface area (Å²) in [5.41, 5.74) is 2.41. The average Bonchev–Trinajstić information content (AvgIpc) is 2.24. The predicted octanol–water partition coefficient (Wildman–Crippen LogP) is 3.65. The largest absolute Gasteiger partial charge is 0.258 e. The summed E-state index contributed by atoms with van der Waals surface area (Å²) >= 11 is 0. The lowest BCUT2D eigenvalue weighted by atomic mass is 10.0. The summed E-state index contributed by atoms with van der Waals surface area (Å²) < 4.78 is 0. The molecule has 2 heteroatoms. The molecular weight excluding hydrogens is 196 g/mol. The summed E-state index contributed by atoms with van der Waals surface area (Å²) in [7, 11) is 0. The molecule has 0 saturated heterocycles. The first-order valence-corrected chi connectivity index (χ1v) is 6.38. The molecule has 2 nitrogen and oxygen atoms in total. The maximum absolute atomic E-state index is 4.47. The first-order chi connectivity index (χ1) is 7.59. The third-order valence-corrected chi connectivity index (χ3v) is 2.78. The van der Waals surface area contributed by atoms with Crippen LogP contribution >= 0.6 is 0 Å². The van der Waals surface area contributed by atoms with Gasteiger partial charge in [-0.15, -0.1) is 0 Å². The highest BCUT2D eigenvalue weighted by atomic mass is 14.8. The van der Waals surface area contributed by atoms with Crippen molar-refractivity contribution in [1.29, 1.82) is 0 Å². The van der Waals surface area contributed by atoms with Crippen molar-refractivity contribution < 1.29 is 0 Å². The Morgan fingerprint density at radius 1 is 0.812 bits per heavy atom.